The average molecular weight is 439 g/mol. The molecule has 3 rings (SSSR count). The summed E-state index contributed by atoms with van der Waals surface area (Å²) in [6, 6.07) is 15.8. The summed E-state index contributed by atoms with van der Waals surface area (Å²) in [5.41, 5.74) is 4.11. The molecule has 0 atom stereocenters. The molecule has 156 valence electrons. The molecule has 2 amide bonds. The van der Waals surface area contributed by atoms with Crippen molar-refractivity contribution in [2.75, 3.05) is 11.9 Å². The number of anilines is 1. The van der Waals surface area contributed by atoms with Gasteiger partial charge in [0.2, 0.25) is 5.91 Å². The fourth-order valence-corrected chi connectivity index (χ4v) is 4.60. The van der Waals surface area contributed by atoms with Crippen LogP contribution in [0.15, 0.2) is 53.4 Å². The maximum atomic E-state index is 12.6. The van der Waals surface area contributed by atoms with Crippen LogP contribution in [0.25, 0.3) is 6.08 Å². The van der Waals surface area contributed by atoms with Gasteiger partial charge in [0.05, 0.1) is 4.91 Å². The van der Waals surface area contributed by atoms with Gasteiger partial charge in [0, 0.05) is 18.7 Å². The molecule has 2 aromatic rings. The molecule has 30 heavy (non-hydrogen) atoms. The van der Waals surface area contributed by atoms with Crippen LogP contribution in [-0.2, 0) is 9.59 Å². The number of carbonyl (C=O) groups excluding carboxylic acids is 2. The van der Waals surface area contributed by atoms with E-state index in [1.807, 2.05) is 62.4 Å². The van der Waals surface area contributed by atoms with Gasteiger partial charge in [-0.15, -0.1) is 0 Å². The number of rotatable bonds is 8. The zero-order valence-corrected chi connectivity index (χ0v) is 18.9. The molecule has 1 fully saturated rings. The molecule has 2 aromatic carbocycles. The first-order chi connectivity index (χ1) is 14.4. The molecule has 1 N–H and O–H groups in total. The SMILES string of the molecule is Cc1ccc(NC(=O)CCCCCN2C(=O)C(=Cc3ccccc3)SC2=S)c(C)c1. The number of unbranched alkanes of at least 4 members (excludes halogenated alkanes) is 2. The summed E-state index contributed by atoms with van der Waals surface area (Å²) in [5.74, 6) is -0.000184. The van der Waals surface area contributed by atoms with Crippen LogP contribution in [0.1, 0.15) is 42.4 Å². The van der Waals surface area contributed by atoms with Crippen molar-refractivity contribution in [3.05, 3.63) is 70.1 Å². The average Bonchev–Trinajstić information content (AvgIpc) is 2.98. The van der Waals surface area contributed by atoms with Crippen molar-refractivity contribution in [2.45, 2.75) is 39.5 Å². The Morgan fingerprint density at radius 2 is 1.87 bits per heavy atom. The van der Waals surface area contributed by atoms with E-state index in [1.54, 1.807) is 4.90 Å². The molecular weight excluding hydrogens is 412 g/mol. The third kappa shape index (κ3) is 6.03. The van der Waals surface area contributed by atoms with Gasteiger partial charge in [0.25, 0.3) is 5.91 Å². The standard InChI is InChI=1S/C24H26N2O2S2/c1-17-12-13-20(18(2)15-17)25-22(27)11-7-4-8-14-26-23(28)21(30-24(26)29)16-19-9-5-3-6-10-19/h3,5-6,9-10,12-13,15-16H,4,7-8,11,14H2,1-2H3,(H,25,27). The van der Waals surface area contributed by atoms with Gasteiger partial charge >= 0.3 is 0 Å². The molecule has 0 radical (unpaired) electrons. The van der Waals surface area contributed by atoms with Crippen molar-refractivity contribution < 1.29 is 9.59 Å². The van der Waals surface area contributed by atoms with Gasteiger partial charge in [-0.2, -0.15) is 0 Å². The summed E-state index contributed by atoms with van der Waals surface area (Å²) in [6.45, 7) is 4.63. The van der Waals surface area contributed by atoms with E-state index in [2.05, 4.69) is 11.4 Å². The van der Waals surface area contributed by atoms with Gasteiger partial charge < -0.3 is 5.32 Å². The minimum atomic E-state index is -0.0264. The third-order valence-corrected chi connectivity index (χ3v) is 6.29. The predicted molar refractivity (Wildman–Crippen MR) is 129 cm³/mol. The molecule has 1 saturated heterocycles. The Balaban J connectivity index is 1.41. The van der Waals surface area contributed by atoms with Crippen molar-refractivity contribution in [3.8, 4) is 0 Å². The Labute approximate surface area is 187 Å². The Morgan fingerprint density at radius 3 is 2.60 bits per heavy atom. The number of amides is 2. The van der Waals surface area contributed by atoms with Crippen LogP contribution in [0.2, 0.25) is 0 Å². The lowest BCUT2D eigenvalue weighted by Gasteiger charge is -2.14. The second-order valence-electron chi connectivity index (χ2n) is 7.42. The van der Waals surface area contributed by atoms with E-state index in [0.717, 1.165) is 36.1 Å². The fourth-order valence-electron chi connectivity index (χ4n) is 3.29. The molecule has 0 bridgehead atoms. The first-order valence-corrected chi connectivity index (χ1v) is 11.3. The summed E-state index contributed by atoms with van der Waals surface area (Å²) >= 11 is 6.74. The van der Waals surface area contributed by atoms with Crippen molar-refractivity contribution >= 4 is 51.9 Å². The van der Waals surface area contributed by atoms with Crippen molar-refractivity contribution in [1.82, 2.24) is 4.90 Å². The van der Waals surface area contributed by atoms with Crippen molar-refractivity contribution in [3.63, 3.8) is 0 Å². The van der Waals surface area contributed by atoms with Gasteiger partial charge in [-0.1, -0.05) is 78.4 Å². The van der Waals surface area contributed by atoms with Crippen molar-refractivity contribution in [2.24, 2.45) is 0 Å². The zero-order chi connectivity index (χ0) is 21.5. The van der Waals surface area contributed by atoms with Gasteiger partial charge in [-0.3, -0.25) is 14.5 Å². The first kappa shape index (κ1) is 22.2. The minimum absolute atomic E-state index is 0.0263. The van der Waals surface area contributed by atoms with Gasteiger partial charge in [0.15, 0.2) is 0 Å². The molecule has 0 aliphatic carbocycles. The number of nitrogens with one attached hydrogen (secondary N) is 1. The van der Waals surface area contributed by atoms with Gasteiger partial charge in [-0.05, 0) is 50.0 Å². The lowest BCUT2D eigenvalue weighted by molar-refractivity contribution is -0.122. The van der Waals surface area contributed by atoms with Gasteiger partial charge in [0.1, 0.15) is 4.32 Å². The minimum Gasteiger partial charge on any atom is -0.326 e. The zero-order valence-electron chi connectivity index (χ0n) is 17.3. The number of thioether (sulfide) groups is 1. The van der Waals surface area contributed by atoms with E-state index in [-0.39, 0.29) is 11.8 Å². The Hall–Kier alpha value is -2.44. The highest BCUT2D eigenvalue weighted by Crippen LogP contribution is 2.32. The summed E-state index contributed by atoms with van der Waals surface area (Å²) < 4.78 is 0.606. The maximum absolute atomic E-state index is 12.6. The molecule has 0 saturated carbocycles. The second kappa shape index (κ2) is 10.5. The van der Waals surface area contributed by atoms with Crippen LogP contribution >= 0.6 is 24.0 Å². The number of carbonyl (C=O) groups is 2. The molecule has 6 heteroatoms. The number of nitrogens with zero attached hydrogens (tertiary/aromatic N) is 1. The predicted octanol–water partition coefficient (Wildman–Crippen LogP) is 5.70. The highest BCUT2D eigenvalue weighted by molar-refractivity contribution is 8.26. The molecule has 1 aliphatic heterocycles. The highest BCUT2D eigenvalue weighted by atomic mass is 32.2. The lowest BCUT2D eigenvalue weighted by Crippen LogP contribution is -2.29. The van der Waals surface area contributed by atoms with Crippen LogP contribution in [0.5, 0.6) is 0 Å². The molecule has 0 unspecified atom stereocenters. The number of hydrogen-bond donors (Lipinski definition) is 1. The molecular formula is C24H26N2O2S2. The lowest BCUT2D eigenvalue weighted by atomic mass is 10.1. The van der Waals surface area contributed by atoms with Crippen molar-refractivity contribution in [1.29, 1.82) is 0 Å². The van der Waals surface area contributed by atoms with E-state index >= 15 is 0 Å². The van der Waals surface area contributed by atoms with Crippen LogP contribution < -0.4 is 5.32 Å². The summed E-state index contributed by atoms with van der Waals surface area (Å²) in [4.78, 5) is 27.2. The number of thiocarbonyl (C=S) groups is 1. The van der Waals surface area contributed by atoms with E-state index in [4.69, 9.17) is 12.2 Å². The van der Waals surface area contributed by atoms with Crippen LogP contribution in [0, 0.1) is 13.8 Å². The number of hydrogen-bond acceptors (Lipinski definition) is 4. The monoisotopic (exact) mass is 438 g/mol. The molecule has 4 nitrogen and oxygen atoms in total. The Kier molecular flexibility index (Phi) is 7.82. The molecule has 0 aromatic heterocycles. The smallest absolute Gasteiger partial charge is 0.266 e. The maximum Gasteiger partial charge on any atom is 0.266 e. The van der Waals surface area contributed by atoms with E-state index in [1.165, 1.54) is 17.3 Å². The summed E-state index contributed by atoms with van der Waals surface area (Å²) in [5, 5.41) is 2.98. The molecule has 0 spiro atoms. The van der Waals surface area contributed by atoms with E-state index in [0.29, 0.717) is 22.2 Å². The quantitative estimate of drug-likeness (QED) is 0.326. The van der Waals surface area contributed by atoms with Crippen LogP contribution in [0.4, 0.5) is 5.69 Å². The Morgan fingerprint density at radius 1 is 1.10 bits per heavy atom. The largest absolute Gasteiger partial charge is 0.326 e. The normalized spacial score (nSPS) is 15.1. The fraction of sp³-hybridized carbons (Fsp3) is 0.292. The van der Waals surface area contributed by atoms with E-state index < -0.39 is 0 Å². The van der Waals surface area contributed by atoms with Gasteiger partial charge in [-0.25, -0.2) is 0 Å². The molecule has 1 heterocycles. The highest BCUT2D eigenvalue weighted by Gasteiger charge is 2.31. The second-order valence-corrected chi connectivity index (χ2v) is 9.10. The topological polar surface area (TPSA) is 49.4 Å². The number of aryl methyl sites for hydroxylation is 2. The summed E-state index contributed by atoms with van der Waals surface area (Å²) in [7, 11) is 0. The first-order valence-electron chi connectivity index (χ1n) is 10.1. The number of benzene rings is 2. The molecule has 1 aliphatic rings. The Bertz CT molecular complexity index is 970. The van der Waals surface area contributed by atoms with E-state index in [9.17, 15) is 9.59 Å². The van der Waals surface area contributed by atoms with Crippen LogP contribution in [0.3, 0.4) is 0 Å². The third-order valence-electron chi connectivity index (χ3n) is 4.91. The van der Waals surface area contributed by atoms with Crippen LogP contribution in [-0.4, -0.2) is 27.6 Å². The summed E-state index contributed by atoms with van der Waals surface area (Å²) in [6.07, 6.45) is 4.83.